The van der Waals surface area contributed by atoms with Crippen LogP contribution < -0.4 is 10.1 Å². The predicted molar refractivity (Wildman–Crippen MR) is 128 cm³/mol. The third-order valence-electron chi connectivity index (χ3n) is 5.53. The van der Waals surface area contributed by atoms with E-state index in [0.29, 0.717) is 11.3 Å². The monoisotopic (exact) mass is 425 g/mol. The summed E-state index contributed by atoms with van der Waals surface area (Å²) < 4.78 is 7.35. The van der Waals surface area contributed by atoms with Gasteiger partial charge in [0.25, 0.3) is 0 Å². The highest BCUT2D eigenvalue weighted by Gasteiger charge is 2.26. The number of anilines is 1. The van der Waals surface area contributed by atoms with Gasteiger partial charge in [-0.15, -0.1) is 0 Å². The van der Waals surface area contributed by atoms with Gasteiger partial charge in [-0.2, -0.15) is 0 Å². The Labute approximate surface area is 188 Å². The Kier molecular flexibility index (Phi) is 6.36. The number of carbonyl (C=O) groups is 1. The summed E-state index contributed by atoms with van der Waals surface area (Å²) in [7, 11) is 1.60. The van der Waals surface area contributed by atoms with Crippen molar-refractivity contribution >= 4 is 11.5 Å². The topological polar surface area (TPSA) is 56.2 Å². The van der Waals surface area contributed by atoms with Crippen molar-refractivity contribution in [1.82, 2.24) is 9.55 Å². The molecule has 2 aromatic heterocycles. The highest BCUT2D eigenvalue weighted by molar-refractivity contribution is 6.07. The zero-order valence-corrected chi connectivity index (χ0v) is 18.6. The standard InChI is InChI=1S/C27H27N3O2/c1-4-30-17-24(20-12-10-19(2)11-13-20)25(18-30)27(31)26(21-8-6-5-7-9-21)29-22-14-23(32-3)16-28-15-22/h5-18,26,29H,4H2,1-3H3. The van der Waals surface area contributed by atoms with E-state index in [-0.39, 0.29) is 5.78 Å². The van der Waals surface area contributed by atoms with Crippen LogP contribution in [0.3, 0.4) is 0 Å². The van der Waals surface area contributed by atoms with Crippen molar-refractivity contribution < 1.29 is 9.53 Å². The van der Waals surface area contributed by atoms with Gasteiger partial charge in [-0.25, -0.2) is 0 Å². The first kappa shape index (κ1) is 21.4. The molecule has 32 heavy (non-hydrogen) atoms. The van der Waals surface area contributed by atoms with Crippen molar-refractivity contribution in [3.05, 3.63) is 102 Å². The first-order valence-electron chi connectivity index (χ1n) is 10.7. The van der Waals surface area contributed by atoms with Crippen LogP contribution in [0, 0.1) is 6.92 Å². The summed E-state index contributed by atoms with van der Waals surface area (Å²) in [5.74, 6) is 0.633. The van der Waals surface area contributed by atoms with Crippen LogP contribution in [-0.4, -0.2) is 22.4 Å². The smallest absolute Gasteiger partial charge is 0.191 e. The SMILES string of the molecule is CCn1cc(C(=O)C(Nc2cncc(OC)c2)c2ccccc2)c(-c2ccc(C)cc2)c1. The molecule has 0 saturated carbocycles. The van der Waals surface area contributed by atoms with E-state index >= 15 is 0 Å². The van der Waals surface area contributed by atoms with Gasteiger partial charge in [0, 0.05) is 36.1 Å². The lowest BCUT2D eigenvalue weighted by atomic mass is 9.94. The quantitative estimate of drug-likeness (QED) is 0.356. The second-order valence-corrected chi connectivity index (χ2v) is 7.75. The number of rotatable bonds is 8. The van der Waals surface area contributed by atoms with Gasteiger partial charge >= 0.3 is 0 Å². The van der Waals surface area contributed by atoms with Gasteiger partial charge in [-0.05, 0) is 25.0 Å². The number of nitrogens with one attached hydrogen (secondary N) is 1. The van der Waals surface area contributed by atoms with Gasteiger partial charge in [-0.3, -0.25) is 9.78 Å². The first-order valence-corrected chi connectivity index (χ1v) is 10.7. The summed E-state index contributed by atoms with van der Waals surface area (Å²) in [6.45, 7) is 4.92. The molecule has 0 aliphatic heterocycles. The number of ketones is 1. The molecule has 0 radical (unpaired) electrons. The molecular formula is C27H27N3O2. The molecule has 2 aromatic carbocycles. The van der Waals surface area contributed by atoms with E-state index in [4.69, 9.17) is 4.74 Å². The maximum Gasteiger partial charge on any atom is 0.191 e. The number of methoxy groups -OCH3 is 1. The van der Waals surface area contributed by atoms with Crippen molar-refractivity contribution in [2.75, 3.05) is 12.4 Å². The minimum absolute atomic E-state index is 0.00166. The van der Waals surface area contributed by atoms with Crippen molar-refractivity contribution in [1.29, 1.82) is 0 Å². The molecule has 0 saturated heterocycles. The van der Waals surface area contributed by atoms with Gasteiger partial charge in [-0.1, -0.05) is 60.2 Å². The molecule has 0 amide bonds. The van der Waals surface area contributed by atoms with Crippen LogP contribution in [0.25, 0.3) is 11.1 Å². The van der Waals surface area contributed by atoms with E-state index in [0.717, 1.165) is 28.9 Å². The van der Waals surface area contributed by atoms with Crippen molar-refractivity contribution in [2.24, 2.45) is 0 Å². The van der Waals surface area contributed by atoms with Crippen molar-refractivity contribution in [3.8, 4) is 16.9 Å². The van der Waals surface area contributed by atoms with E-state index in [2.05, 4.69) is 53.0 Å². The van der Waals surface area contributed by atoms with E-state index in [9.17, 15) is 4.79 Å². The number of hydrogen-bond acceptors (Lipinski definition) is 4. The summed E-state index contributed by atoms with van der Waals surface area (Å²) in [5, 5.41) is 3.38. The molecular weight excluding hydrogens is 398 g/mol. The Bertz CT molecular complexity index is 1200. The molecule has 1 N–H and O–H groups in total. The normalized spacial score (nSPS) is 11.7. The van der Waals surface area contributed by atoms with Crippen LogP contribution in [-0.2, 0) is 6.54 Å². The minimum Gasteiger partial charge on any atom is -0.495 e. The Hall–Kier alpha value is -3.86. The molecule has 1 unspecified atom stereocenters. The molecule has 1 atom stereocenters. The maximum atomic E-state index is 14.0. The number of pyridine rings is 1. The average molecular weight is 426 g/mol. The first-order chi connectivity index (χ1) is 15.6. The molecule has 0 fully saturated rings. The molecule has 0 aliphatic carbocycles. The zero-order valence-electron chi connectivity index (χ0n) is 18.6. The van der Waals surface area contributed by atoms with E-state index in [1.54, 1.807) is 19.5 Å². The molecule has 5 nitrogen and oxygen atoms in total. The average Bonchev–Trinajstić information content (AvgIpc) is 3.28. The van der Waals surface area contributed by atoms with Crippen molar-refractivity contribution in [3.63, 3.8) is 0 Å². The lowest BCUT2D eigenvalue weighted by Gasteiger charge is -2.20. The summed E-state index contributed by atoms with van der Waals surface area (Å²) in [4.78, 5) is 18.2. The van der Waals surface area contributed by atoms with E-state index in [1.807, 2.05) is 48.8 Å². The van der Waals surface area contributed by atoms with Gasteiger partial charge in [0.15, 0.2) is 5.78 Å². The van der Waals surface area contributed by atoms with E-state index in [1.165, 1.54) is 5.56 Å². The number of aryl methyl sites for hydroxylation is 2. The number of aromatic nitrogens is 2. The molecule has 162 valence electrons. The third-order valence-corrected chi connectivity index (χ3v) is 5.53. The Morgan fingerprint density at radius 2 is 1.81 bits per heavy atom. The van der Waals surface area contributed by atoms with Gasteiger partial charge in [0.2, 0.25) is 0 Å². The Morgan fingerprint density at radius 1 is 1.06 bits per heavy atom. The fourth-order valence-electron chi connectivity index (χ4n) is 3.73. The fourth-order valence-corrected chi connectivity index (χ4v) is 3.73. The molecule has 0 spiro atoms. The van der Waals surface area contributed by atoms with Crippen LogP contribution in [0.5, 0.6) is 5.75 Å². The number of Topliss-reactive ketones (excluding diaryl/α,β-unsaturated/α-hetero) is 1. The Morgan fingerprint density at radius 3 is 2.50 bits per heavy atom. The summed E-state index contributed by atoms with van der Waals surface area (Å²) >= 11 is 0. The molecule has 4 rings (SSSR count). The lowest BCUT2D eigenvalue weighted by molar-refractivity contribution is 0.0970. The maximum absolute atomic E-state index is 14.0. The van der Waals surface area contributed by atoms with Crippen LogP contribution in [0.15, 0.2) is 85.5 Å². The highest BCUT2D eigenvalue weighted by Crippen LogP contribution is 2.31. The van der Waals surface area contributed by atoms with Crippen LogP contribution in [0.4, 0.5) is 5.69 Å². The largest absolute Gasteiger partial charge is 0.495 e. The highest BCUT2D eigenvalue weighted by atomic mass is 16.5. The van der Waals surface area contributed by atoms with E-state index < -0.39 is 6.04 Å². The lowest BCUT2D eigenvalue weighted by Crippen LogP contribution is -2.21. The molecule has 0 aliphatic rings. The number of carbonyl (C=O) groups excluding carboxylic acids is 1. The molecule has 5 heteroatoms. The second-order valence-electron chi connectivity index (χ2n) is 7.75. The second kappa shape index (κ2) is 9.52. The van der Waals surface area contributed by atoms with Crippen LogP contribution >= 0.6 is 0 Å². The number of nitrogens with zero attached hydrogens (tertiary/aromatic N) is 2. The van der Waals surface area contributed by atoms with Gasteiger partial charge in [0.05, 0.1) is 25.2 Å². The van der Waals surface area contributed by atoms with Gasteiger partial charge < -0.3 is 14.6 Å². The number of benzene rings is 2. The fraction of sp³-hybridized carbons (Fsp3) is 0.185. The number of hydrogen-bond donors (Lipinski definition) is 1. The third kappa shape index (κ3) is 4.57. The summed E-state index contributed by atoms with van der Waals surface area (Å²) in [6, 6.07) is 19.3. The van der Waals surface area contributed by atoms with Gasteiger partial charge in [0.1, 0.15) is 11.8 Å². The summed E-state index contributed by atoms with van der Waals surface area (Å²) in [6.07, 6.45) is 7.33. The minimum atomic E-state index is -0.568. The Balaban J connectivity index is 1.77. The zero-order chi connectivity index (χ0) is 22.5. The molecule has 4 aromatic rings. The predicted octanol–water partition coefficient (Wildman–Crippen LogP) is 5.92. The van der Waals surface area contributed by atoms with Crippen LogP contribution in [0.1, 0.15) is 34.5 Å². The molecule has 2 heterocycles. The molecule has 0 bridgehead atoms. The number of ether oxygens (including phenoxy) is 1. The van der Waals surface area contributed by atoms with Crippen molar-refractivity contribution in [2.45, 2.75) is 26.4 Å². The van der Waals surface area contributed by atoms with Crippen LogP contribution in [0.2, 0.25) is 0 Å². The summed E-state index contributed by atoms with van der Waals surface area (Å²) in [5.41, 5.74) is 5.45.